The van der Waals surface area contributed by atoms with Crippen LogP contribution in [0.25, 0.3) is 0 Å². The van der Waals surface area contributed by atoms with Gasteiger partial charge >= 0.3 is 5.97 Å². The van der Waals surface area contributed by atoms with Gasteiger partial charge < -0.3 is 15.2 Å². The molecule has 0 aliphatic carbocycles. The Morgan fingerprint density at radius 1 is 1.59 bits per heavy atom. The molecule has 1 aliphatic heterocycles. The minimum absolute atomic E-state index is 0.0238. The van der Waals surface area contributed by atoms with E-state index < -0.39 is 12.0 Å². The van der Waals surface area contributed by atoms with Gasteiger partial charge in [-0.15, -0.1) is 0 Å². The summed E-state index contributed by atoms with van der Waals surface area (Å²) >= 11 is 1.74. The number of carbonyl (C=O) groups excluding carboxylic acids is 1. The van der Waals surface area contributed by atoms with E-state index in [9.17, 15) is 9.59 Å². The number of nitrogens with one attached hydrogen (secondary N) is 1. The molecule has 98 valence electrons. The molecule has 2 N–H and O–H groups in total. The zero-order chi connectivity index (χ0) is 12.7. The van der Waals surface area contributed by atoms with Crippen molar-refractivity contribution in [2.24, 2.45) is 5.92 Å². The molecule has 0 saturated carbocycles. The van der Waals surface area contributed by atoms with Crippen LogP contribution in [0.1, 0.15) is 19.3 Å². The van der Waals surface area contributed by atoms with Crippen LogP contribution >= 0.6 is 11.8 Å². The standard InChI is InChI=1S/C11H19NO4S/c1-16-5-2-3-9(11(14)15)12-10(13)8-4-6-17-7-8/h8-9H,2-7H2,1H3,(H,12,13)(H,14,15). The van der Waals surface area contributed by atoms with Gasteiger partial charge in [0.15, 0.2) is 0 Å². The second-order valence-corrected chi connectivity index (χ2v) is 5.24. The first kappa shape index (κ1) is 14.3. The highest BCUT2D eigenvalue weighted by molar-refractivity contribution is 7.99. The molecule has 1 saturated heterocycles. The first-order chi connectivity index (χ1) is 8.15. The van der Waals surface area contributed by atoms with Crippen LogP contribution in [-0.4, -0.2) is 48.2 Å². The zero-order valence-electron chi connectivity index (χ0n) is 9.98. The quantitative estimate of drug-likeness (QED) is 0.661. The molecule has 6 heteroatoms. The highest BCUT2D eigenvalue weighted by Crippen LogP contribution is 2.23. The van der Waals surface area contributed by atoms with E-state index in [4.69, 9.17) is 9.84 Å². The number of aliphatic carboxylic acids is 1. The molecule has 0 spiro atoms. The molecule has 0 radical (unpaired) electrons. The summed E-state index contributed by atoms with van der Waals surface area (Å²) in [6.45, 7) is 0.513. The Kier molecular flexibility index (Phi) is 6.36. The van der Waals surface area contributed by atoms with E-state index in [0.717, 1.165) is 17.9 Å². The van der Waals surface area contributed by atoms with Crippen LogP contribution in [0.2, 0.25) is 0 Å². The van der Waals surface area contributed by atoms with Crippen LogP contribution in [0.15, 0.2) is 0 Å². The summed E-state index contributed by atoms with van der Waals surface area (Å²) in [6, 6.07) is -0.789. The van der Waals surface area contributed by atoms with Gasteiger partial charge in [0, 0.05) is 25.4 Å². The first-order valence-corrected chi connectivity index (χ1v) is 6.90. The lowest BCUT2D eigenvalue weighted by molar-refractivity contribution is -0.142. The van der Waals surface area contributed by atoms with Crippen molar-refractivity contribution in [3.05, 3.63) is 0 Å². The first-order valence-electron chi connectivity index (χ1n) is 5.75. The molecular weight excluding hydrogens is 242 g/mol. The summed E-state index contributed by atoms with van der Waals surface area (Å²) in [5, 5.41) is 11.6. The molecular formula is C11H19NO4S. The second kappa shape index (κ2) is 7.55. The average Bonchev–Trinajstić information content (AvgIpc) is 2.81. The third-order valence-corrected chi connectivity index (χ3v) is 3.92. The molecule has 1 heterocycles. The Morgan fingerprint density at radius 3 is 2.88 bits per heavy atom. The number of hydrogen-bond acceptors (Lipinski definition) is 4. The Balaban J connectivity index is 2.36. The van der Waals surface area contributed by atoms with E-state index in [1.807, 2.05) is 0 Å². The minimum atomic E-state index is -0.972. The number of carbonyl (C=O) groups is 2. The summed E-state index contributed by atoms with van der Waals surface area (Å²) in [5.41, 5.74) is 0. The predicted octanol–water partition coefficient (Wildman–Crippen LogP) is 0.735. The summed E-state index contributed by atoms with van der Waals surface area (Å²) in [5.74, 6) is 0.666. The molecule has 5 nitrogen and oxygen atoms in total. The normalized spacial score (nSPS) is 21.1. The van der Waals surface area contributed by atoms with Gasteiger partial charge in [-0.1, -0.05) is 0 Å². The highest BCUT2D eigenvalue weighted by Gasteiger charge is 2.27. The van der Waals surface area contributed by atoms with Crippen LogP contribution in [0.5, 0.6) is 0 Å². The van der Waals surface area contributed by atoms with E-state index in [1.165, 1.54) is 0 Å². The number of hydrogen-bond donors (Lipinski definition) is 2. The highest BCUT2D eigenvalue weighted by atomic mass is 32.2. The van der Waals surface area contributed by atoms with Crippen LogP contribution in [0.3, 0.4) is 0 Å². The van der Waals surface area contributed by atoms with Gasteiger partial charge in [0.25, 0.3) is 0 Å². The summed E-state index contributed by atoms with van der Waals surface area (Å²) in [7, 11) is 1.57. The number of thioether (sulfide) groups is 1. The van der Waals surface area contributed by atoms with E-state index in [1.54, 1.807) is 18.9 Å². The Morgan fingerprint density at radius 2 is 2.35 bits per heavy atom. The van der Waals surface area contributed by atoms with Gasteiger partial charge in [0.05, 0.1) is 0 Å². The van der Waals surface area contributed by atoms with E-state index in [0.29, 0.717) is 19.4 Å². The predicted molar refractivity (Wildman–Crippen MR) is 66.1 cm³/mol. The van der Waals surface area contributed by atoms with Gasteiger partial charge in [0.2, 0.25) is 5.91 Å². The molecule has 0 bridgehead atoms. The monoisotopic (exact) mass is 261 g/mol. The summed E-state index contributed by atoms with van der Waals surface area (Å²) in [4.78, 5) is 22.8. The van der Waals surface area contributed by atoms with Crippen LogP contribution in [-0.2, 0) is 14.3 Å². The molecule has 1 amide bonds. The minimum Gasteiger partial charge on any atom is -0.480 e. The lowest BCUT2D eigenvalue weighted by Crippen LogP contribution is -2.43. The Labute approximate surface area is 105 Å². The van der Waals surface area contributed by atoms with Crippen molar-refractivity contribution < 1.29 is 19.4 Å². The molecule has 2 unspecified atom stereocenters. The number of rotatable bonds is 7. The van der Waals surface area contributed by atoms with E-state index in [-0.39, 0.29) is 11.8 Å². The Hall–Kier alpha value is -0.750. The molecule has 0 aromatic carbocycles. The van der Waals surface area contributed by atoms with Gasteiger partial charge in [0.1, 0.15) is 6.04 Å². The van der Waals surface area contributed by atoms with Gasteiger partial charge in [-0.25, -0.2) is 4.79 Å². The number of carboxylic acids is 1. The maximum Gasteiger partial charge on any atom is 0.326 e. The summed E-state index contributed by atoms with van der Waals surface area (Å²) < 4.78 is 4.87. The largest absolute Gasteiger partial charge is 0.480 e. The molecule has 1 aliphatic rings. The number of methoxy groups -OCH3 is 1. The van der Waals surface area contributed by atoms with E-state index >= 15 is 0 Å². The molecule has 1 rings (SSSR count). The molecule has 1 fully saturated rings. The molecule has 2 atom stereocenters. The maximum absolute atomic E-state index is 11.8. The van der Waals surface area contributed by atoms with Crippen molar-refractivity contribution in [2.45, 2.75) is 25.3 Å². The van der Waals surface area contributed by atoms with Gasteiger partial charge in [-0.2, -0.15) is 11.8 Å². The molecule has 0 aromatic heterocycles. The van der Waals surface area contributed by atoms with Crippen LogP contribution in [0.4, 0.5) is 0 Å². The van der Waals surface area contributed by atoms with Crippen LogP contribution < -0.4 is 5.32 Å². The molecule has 17 heavy (non-hydrogen) atoms. The smallest absolute Gasteiger partial charge is 0.326 e. The van der Waals surface area contributed by atoms with Crippen molar-refractivity contribution in [1.29, 1.82) is 0 Å². The number of carboxylic acid groups (broad SMARTS) is 1. The SMILES string of the molecule is COCCCC(NC(=O)C1CCSC1)C(=O)O. The van der Waals surface area contributed by atoms with Gasteiger partial charge in [-0.3, -0.25) is 4.79 Å². The van der Waals surface area contributed by atoms with Crippen molar-refractivity contribution in [2.75, 3.05) is 25.2 Å². The van der Waals surface area contributed by atoms with Gasteiger partial charge in [-0.05, 0) is 25.0 Å². The fourth-order valence-electron chi connectivity index (χ4n) is 1.72. The zero-order valence-corrected chi connectivity index (χ0v) is 10.8. The third-order valence-electron chi connectivity index (χ3n) is 2.76. The van der Waals surface area contributed by atoms with Crippen molar-refractivity contribution in [3.8, 4) is 0 Å². The maximum atomic E-state index is 11.8. The fourth-order valence-corrected chi connectivity index (χ4v) is 2.94. The number of ether oxygens (including phenoxy) is 1. The Bertz CT molecular complexity index is 266. The fraction of sp³-hybridized carbons (Fsp3) is 0.818. The van der Waals surface area contributed by atoms with Crippen molar-refractivity contribution >= 4 is 23.6 Å². The van der Waals surface area contributed by atoms with Crippen molar-refractivity contribution in [3.63, 3.8) is 0 Å². The van der Waals surface area contributed by atoms with E-state index in [2.05, 4.69) is 5.32 Å². The second-order valence-electron chi connectivity index (χ2n) is 4.09. The summed E-state index contributed by atoms with van der Waals surface area (Å²) in [6.07, 6.45) is 1.89. The van der Waals surface area contributed by atoms with Crippen molar-refractivity contribution in [1.82, 2.24) is 5.32 Å². The topological polar surface area (TPSA) is 75.6 Å². The number of amides is 1. The van der Waals surface area contributed by atoms with Crippen LogP contribution in [0, 0.1) is 5.92 Å². The third kappa shape index (κ3) is 4.95. The average molecular weight is 261 g/mol. The lowest BCUT2D eigenvalue weighted by atomic mass is 10.1. The molecule has 0 aromatic rings. The lowest BCUT2D eigenvalue weighted by Gasteiger charge is -2.16.